The summed E-state index contributed by atoms with van der Waals surface area (Å²) in [5, 5.41) is 11.5. The minimum Gasteiger partial charge on any atom is -0.444 e. The minimum atomic E-state index is -4.51. The number of alkyl halides is 3. The molecule has 1 aromatic rings. The van der Waals surface area contributed by atoms with Gasteiger partial charge in [-0.3, -0.25) is 4.99 Å². The molecule has 0 aromatic carbocycles. The van der Waals surface area contributed by atoms with Gasteiger partial charge < -0.3 is 26.0 Å². The quantitative estimate of drug-likeness (QED) is 0.269. The number of nitrogens with one attached hydrogen (secondary N) is 4. The molecule has 0 spiro atoms. The van der Waals surface area contributed by atoms with E-state index < -0.39 is 23.6 Å². The number of amides is 1. The Morgan fingerprint density at radius 1 is 1.13 bits per heavy atom. The van der Waals surface area contributed by atoms with Gasteiger partial charge in [0.25, 0.3) is 0 Å². The highest BCUT2D eigenvalue weighted by atomic mass is 19.4. The Labute approximate surface area is 174 Å². The molecule has 0 aliphatic carbocycles. The zero-order valence-electron chi connectivity index (χ0n) is 17.7. The van der Waals surface area contributed by atoms with E-state index in [9.17, 15) is 18.0 Å². The third-order valence-corrected chi connectivity index (χ3v) is 3.26. The van der Waals surface area contributed by atoms with Crippen LogP contribution in [0.5, 0.6) is 0 Å². The highest BCUT2D eigenvalue weighted by molar-refractivity contribution is 5.79. The Morgan fingerprint density at radius 2 is 1.87 bits per heavy atom. The Bertz CT molecular complexity index is 691. The molecule has 1 rings (SSSR count). The van der Waals surface area contributed by atoms with Crippen molar-refractivity contribution in [3.05, 3.63) is 18.0 Å². The number of nitrogens with zero attached hydrogens (tertiary/aromatic N) is 3. The molecule has 1 heterocycles. The van der Waals surface area contributed by atoms with Gasteiger partial charge >= 0.3 is 12.3 Å². The van der Waals surface area contributed by atoms with Crippen molar-refractivity contribution in [2.45, 2.75) is 45.9 Å². The summed E-state index contributed by atoms with van der Waals surface area (Å²) >= 11 is 0. The van der Waals surface area contributed by atoms with E-state index in [1.54, 1.807) is 20.8 Å². The molecule has 0 fully saturated rings. The number of rotatable bonds is 9. The zero-order valence-corrected chi connectivity index (χ0v) is 17.7. The summed E-state index contributed by atoms with van der Waals surface area (Å²) in [6.45, 7) is 9.51. The minimum absolute atomic E-state index is 0.0956. The van der Waals surface area contributed by atoms with E-state index in [0.717, 1.165) is 12.3 Å². The van der Waals surface area contributed by atoms with Crippen LogP contribution < -0.4 is 21.3 Å². The molecule has 30 heavy (non-hydrogen) atoms. The van der Waals surface area contributed by atoms with Crippen LogP contribution in [-0.2, 0) is 10.9 Å². The summed E-state index contributed by atoms with van der Waals surface area (Å²) in [5.74, 6) is 0.461. The number of ether oxygens (including phenoxy) is 1. The number of alkyl carbamates (subject to hydrolysis) is 1. The molecule has 0 radical (unpaired) electrons. The van der Waals surface area contributed by atoms with Gasteiger partial charge in [0, 0.05) is 38.9 Å². The lowest BCUT2D eigenvalue weighted by Gasteiger charge is -2.19. The zero-order chi connectivity index (χ0) is 22.6. The number of aromatic nitrogens is 2. The summed E-state index contributed by atoms with van der Waals surface area (Å²) in [6.07, 6.45) is -3.31. The number of hydrogen-bond acceptors (Lipinski definition) is 6. The second kappa shape index (κ2) is 12.0. The number of anilines is 1. The first-order valence-corrected chi connectivity index (χ1v) is 9.64. The topological polar surface area (TPSA) is 113 Å². The normalized spacial score (nSPS) is 12.3. The van der Waals surface area contributed by atoms with Crippen LogP contribution in [-0.4, -0.2) is 60.3 Å². The average molecular weight is 433 g/mol. The Hall–Kier alpha value is -2.79. The molecule has 0 aliphatic rings. The van der Waals surface area contributed by atoms with E-state index in [2.05, 4.69) is 36.2 Å². The lowest BCUT2D eigenvalue weighted by molar-refractivity contribution is -0.141. The average Bonchev–Trinajstić information content (AvgIpc) is 2.63. The fourth-order valence-corrected chi connectivity index (χ4v) is 2.07. The summed E-state index contributed by atoms with van der Waals surface area (Å²) in [7, 11) is 0. The van der Waals surface area contributed by atoms with Gasteiger partial charge in [-0.25, -0.2) is 14.8 Å². The van der Waals surface area contributed by atoms with Gasteiger partial charge in [-0.2, -0.15) is 13.2 Å². The highest BCUT2D eigenvalue weighted by Gasteiger charge is 2.32. The van der Waals surface area contributed by atoms with Gasteiger partial charge in [0.05, 0.1) is 0 Å². The molecule has 0 unspecified atom stereocenters. The lowest BCUT2D eigenvalue weighted by Crippen LogP contribution is -2.40. The smallest absolute Gasteiger partial charge is 0.433 e. The Kier molecular flexibility index (Phi) is 10.1. The van der Waals surface area contributed by atoms with Crippen molar-refractivity contribution in [2.24, 2.45) is 4.99 Å². The van der Waals surface area contributed by atoms with Crippen molar-refractivity contribution < 1.29 is 22.7 Å². The van der Waals surface area contributed by atoms with Crippen molar-refractivity contribution in [3.8, 4) is 0 Å². The fraction of sp³-hybridized carbons (Fsp3) is 0.667. The number of aliphatic imine (C=N–C) groups is 1. The standard InChI is InChI=1S/C18H30F3N7O2/c1-5-22-14(23-8-6-9-27-16(29)30-17(2,3)4)25-11-12-26-15-24-10-7-13(28-15)18(19,20)21/h7,10H,5-6,8-9,11-12H2,1-4H3,(H,27,29)(H2,22,23,25)(H,24,26,28). The largest absolute Gasteiger partial charge is 0.444 e. The van der Waals surface area contributed by atoms with E-state index in [0.29, 0.717) is 45.1 Å². The summed E-state index contributed by atoms with van der Waals surface area (Å²) < 4.78 is 43.1. The van der Waals surface area contributed by atoms with E-state index in [1.807, 2.05) is 6.92 Å². The summed E-state index contributed by atoms with van der Waals surface area (Å²) in [5.41, 5.74) is -1.54. The van der Waals surface area contributed by atoms with E-state index in [1.165, 1.54) is 0 Å². The lowest BCUT2D eigenvalue weighted by atomic mass is 10.2. The number of carbonyl (C=O) groups is 1. The third-order valence-electron chi connectivity index (χ3n) is 3.26. The molecular weight excluding hydrogens is 403 g/mol. The second-order valence-electron chi connectivity index (χ2n) is 7.16. The Morgan fingerprint density at radius 3 is 2.50 bits per heavy atom. The monoisotopic (exact) mass is 433 g/mol. The number of hydrogen-bond donors (Lipinski definition) is 4. The molecule has 0 bridgehead atoms. The maximum Gasteiger partial charge on any atom is 0.433 e. The number of carbonyl (C=O) groups excluding carboxylic acids is 1. The highest BCUT2D eigenvalue weighted by Crippen LogP contribution is 2.27. The molecule has 0 saturated carbocycles. The van der Waals surface area contributed by atoms with Crippen molar-refractivity contribution >= 4 is 18.0 Å². The van der Waals surface area contributed by atoms with Gasteiger partial charge in [0.2, 0.25) is 5.95 Å². The van der Waals surface area contributed by atoms with Crippen LogP contribution in [0.4, 0.5) is 23.9 Å². The first-order chi connectivity index (χ1) is 14.0. The van der Waals surface area contributed by atoms with E-state index in [-0.39, 0.29) is 5.95 Å². The van der Waals surface area contributed by atoms with Gasteiger partial charge in [0.15, 0.2) is 5.96 Å². The van der Waals surface area contributed by atoms with Crippen LogP contribution >= 0.6 is 0 Å². The van der Waals surface area contributed by atoms with Gasteiger partial charge in [-0.1, -0.05) is 0 Å². The van der Waals surface area contributed by atoms with E-state index >= 15 is 0 Å². The molecule has 9 nitrogen and oxygen atoms in total. The van der Waals surface area contributed by atoms with Crippen molar-refractivity contribution in [1.82, 2.24) is 25.9 Å². The number of halogens is 3. The first-order valence-electron chi connectivity index (χ1n) is 9.64. The van der Waals surface area contributed by atoms with Gasteiger partial charge in [-0.15, -0.1) is 0 Å². The maximum absolute atomic E-state index is 12.7. The van der Waals surface area contributed by atoms with Crippen LogP contribution in [0, 0.1) is 0 Å². The van der Waals surface area contributed by atoms with Crippen molar-refractivity contribution in [1.29, 1.82) is 0 Å². The predicted octanol–water partition coefficient (Wildman–Crippen LogP) is 2.38. The molecule has 0 aliphatic heterocycles. The molecule has 12 heteroatoms. The maximum atomic E-state index is 12.7. The molecular formula is C18H30F3N7O2. The van der Waals surface area contributed by atoms with Crippen LogP contribution in [0.2, 0.25) is 0 Å². The third kappa shape index (κ3) is 11.3. The molecule has 1 aromatic heterocycles. The van der Waals surface area contributed by atoms with Gasteiger partial charge in [-0.05, 0) is 40.2 Å². The molecule has 170 valence electrons. The molecule has 1 amide bonds. The van der Waals surface area contributed by atoms with Gasteiger partial charge in [0.1, 0.15) is 11.3 Å². The molecule has 0 atom stereocenters. The van der Waals surface area contributed by atoms with Crippen molar-refractivity contribution in [2.75, 3.05) is 38.0 Å². The molecule has 0 saturated heterocycles. The Balaban J connectivity index is 2.34. The summed E-state index contributed by atoms with van der Waals surface area (Å²) in [4.78, 5) is 23.1. The molecule has 4 N–H and O–H groups in total. The van der Waals surface area contributed by atoms with Crippen LogP contribution in [0.25, 0.3) is 0 Å². The summed E-state index contributed by atoms with van der Waals surface area (Å²) in [6, 6.07) is 0.817. The van der Waals surface area contributed by atoms with Crippen molar-refractivity contribution in [3.63, 3.8) is 0 Å². The van der Waals surface area contributed by atoms with Crippen LogP contribution in [0.3, 0.4) is 0 Å². The van der Waals surface area contributed by atoms with Crippen LogP contribution in [0.15, 0.2) is 17.3 Å². The van der Waals surface area contributed by atoms with Crippen LogP contribution in [0.1, 0.15) is 39.8 Å². The SMILES string of the molecule is CCNC(=NCCCNC(=O)OC(C)(C)C)NCCNc1nccc(C(F)(F)F)n1. The first kappa shape index (κ1) is 25.2. The second-order valence-corrected chi connectivity index (χ2v) is 7.16. The fourth-order valence-electron chi connectivity index (χ4n) is 2.07. The van der Waals surface area contributed by atoms with E-state index in [4.69, 9.17) is 4.74 Å². The predicted molar refractivity (Wildman–Crippen MR) is 108 cm³/mol. The number of guanidine groups is 1.